The molecule has 1 amide bonds. The maximum Gasteiger partial charge on any atom is 0.251 e. The monoisotopic (exact) mass is 469 g/mol. The highest BCUT2D eigenvalue weighted by Crippen LogP contribution is 2.25. The van der Waals surface area contributed by atoms with Crippen LogP contribution in [-0.2, 0) is 6.54 Å². The first-order chi connectivity index (χ1) is 14.4. The first-order valence-electron chi connectivity index (χ1n) is 9.10. The fourth-order valence-electron chi connectivity index (χ4n) is 2.83. The number of hydrogen-bond acceptors (Lipinski definition) is 4. The van der Waals surface area contributed by atoms with Crippen molar-refractivity contribution in [2.24, 2.45) is 10.8 Å². The fourth-order valence-corrected chi connectivity index (χ4v) is 3.12. The van der Waals surface area contributed by atoms with E-state index in [0.717, 1.165) is 5.56 Å². The minimum absolute atomic E-state index is 0.152. The topological polar surface area (TPSA) is 82.8 Å². The van der Waals surface area contributed by atoms with Gasteiger partial charge in [0.05, 0.1) is 16.7 Å². The average molecular weight is 470 g/mol. The zero-order chi connectivity index (χ0) is 21.7. The molecule has 6 nitrogen and oxygen atoms in total. The summed E-state index contributed by atoms with van der Waals surface area (Å²) in [6, 6.07) is 13.6. The SMILES string of the molecule is C=C/C(Br)=C1/NC(c2ccccc2F)=CC(=NCc2ccc(C(=O)NC)cc2)N1N. The summed E-state index contributed by atoms with van der Waals surface area (Å²) < 4.78 is 15.0. The molecule has 0 unspecified atom stereocenters. The molecule has 1 aliphatic rings. The molecule has 1 aliphatic heterocycles. The highest BCUT2D eigenvalue weighted by atomic mass is 79.9. The Morgan fingerprint density at radius 2 is 2.00 bits per heavy atom. The van der Waals surface area contributed by atoms with Gasteiger partial charge in [0.1, 0.15) is 17.5 Å². The lowest BCUT2D eigenvalue weighted by atomic mass is 10.1. The van der Waals surface area contributed by atoms with Gasteiger partial charge in [-0.05, 0) is 45.8 Å². The normalized spacial score (nSPS) is 16.6. The number of carbonyl (C=O) groups excluding carboxylic acids is 1. The van der Waals surface area contributed by atoms with Crippen LogP contribution in [0.3, 0.4) is 0 Å². The summed E-state index contributed by atoms with van der Waals surface area (Å²) in [5, 5.41) is 7.08. The zero-order valence-corrected chi connectivity index (χ0v) is 17.9. The van der Waals surface area contributed by atoms with Gasteiger partial charge in [0.2, 0.25) is 0 Å². The maximum absolute atomic E-state index is 14.3. The van der Waals surface area contributed by atoms with Crippen molar-refractivity contribution >= 4 is 33.4 Å². The van der Waals surface area contributed by atoms with Crippen LogP contribution in [0.4, 0.5) is 4.39 Å². The van der Waals surface area contributed by atoms with Gasteiger partial charge in [-0.3, -0.25) is 9.79 Å². The van der Waals surface area contributed by atoms with Gasteiger partial charge in [0.15, 0.2) is 0 Å². The van der Waals surface area contributed by atoms with Crippen LogP contribution < -0.4 is 16.5 Å². The molecule has 2 aromatic rings. The van der Waals surface area contributed by atoms with Crippen LogP contribution in [0.1, 0.15) is 21.5 Å². The quantitative estimate of drug-likeness (QED) is 0.583. The third-order valence-electron chi connectivity index (χ3n) is 4.45. The minimum Gasteiger partial charge on any atom is -0.355 e. The fraction of sp³-hybridized carbons (Fsp3) is 0.0909. The first kappa shape index (κ1) is 21.5. The van der Waals surface area contributed by atoms with Crippen molar-refractivity contribution in [3.8, 4) is 0 Å². The van der Waals surface area contributed by atoms with E-state index in [1.165, 1.54) is 11.1 Å². The summed E-state index contributed by atoms with van der Waals surface area (Å²) in [5.41, 5.74) is 2.39. The van der Waals surface area contributed by atoms with E-state index < -0.39 is 0 Å². The predicted molar refractivity (Wildman–Crippen MR) is 121 cm³/mol. The minimum atomic E-state index is -0.361. The standard InChI is InChI=1S/C22H21BrFN5O/c1-3-17(23)21-28-19(16-6-4-5-7-18(16)24)12-20(29(21)25)27-13-14-8-10-15(11-9-14)22(30)26-2/h3-12,28H,1,13,25H2,2H3,(H,26,30)/b21-17+,27-20?. The number of benzene rings is 2. The van der Waals surface area contributed by atoms with E-state index in [4.69, 9.17) is 5.84 Å². The smallest absolute Gasteiger partial charge is 0.251 e. The molecule has 0 saturated carbocycles. The molecule has 1 heterocycles. The second-order valence-electron chi connectivity index (χ2n) is 6.38. The molecule has 8 heteroatoms. The van der Waals surface area contributed by atoms with Gasteiger partial charge in [-0.25, -0.2) is 15.2 Å². The molecule has 0 radical (unpaired) electrons. The number of nitrogens with zero attached hydrogens (tertiary/aromatic N) is 2. The van der Waals surface area contributed by atoms with Gasteiger partial charge in [-0.15, -0.1) is 0 Å². The molecule has 0 atom stereocenters. The Labute approximate surface area is 182 Å². The van der Waals surface area contributed by atoms with E-state index in [-0.39, 0.29) is 11.7 Å². The second kappa shape index (κ2) is 9.51. The second-order valence-corrected chi connectivity index (χ2v) is 7.24. The van der Waals surface area contributed by atoms with Crippen LogP contribution in [0.2, 0.25) is 0 Å². The molecule has 3 rings (SSSR count). The lowest BCUT2D eigenvalue weighted by molar-refractivity contribution is 0.0963. The molecule has 2 aromatic carbocycles. The number of hydrazine groups is 1. The molecule has 4 N–H and O–H groups in total. The number of nitrogens with one attached hydrogen (secondary N) is 2. The number of amides is 1. The summed E-state index contributed by atoms with van der Waals surface area (Å²) in [4.78, 5) is 16.3. The molecule has 0 aliphatic carbocycles. The third kappa shape index (κ3) is 4.67. The summed E-state index contributed by atoms with van der Waals surface area (Å²) in [6.45, 7) is 4.07. The molecule has 154 valence electrons. The molecule has 30 heavy (non-hydrogen) atoms. The molecule has 0 saturated heterocycles. The summed E-state index contributed by atoms with van der Waals surface area (Å²) >= 11 is 3.41. The van der Waals surface area contributed by atoms with Gasteiger partial charge >= 0.3 is 0 Å². The van der Waals surface area contributed by atoms with Crippen LogP contribution in [-0.4, -0.2) is 23.8 Å². The van der Waals surface area contributed by atoms with E-state index in [0.29, 0.717) is 39.5 Å². The van der Waals surface area contributed by atoms with Crippen LogP contribution in [0.5, 0.6) is 0 Å². The van der Waals surface area contributed by atoms with Crippen molar-refractivity contribution in [2.75, 3.05) is 7.05 Å². The van der Waals surface area contributed by atoms with E-state index in [2.05, 4.69) is 38.1 Å². The van der Waals surface area contributed by atoms with Crippen molar-refractivity contribution in [3.63, 3.8) is 0 Å². The van der Waals surface area contributed by atoms with E-state index in [9.17, 15) is 9.18 Å². The van der Waals surface area contributed by atoms with E-state index >= 15 is 0 Å². The van der Waals surface area contributed by atoms with Gasteiger partial charge in [-0.2, -0.15) is 0 Å². The number of allylic oxidation sites excluding steroid dienone is 2. The highest BCUT2D eigenvalue weighted by molar-refractivity contribution is 9.11. The third-order valence-corrected chi connectivity index (χ3v) is 5.15. The number of carbonyl (C=O) groups is 1. The Morgan fingerprint density at radius 3 is 2.63 bits per heavy atom. The molecule has 0 aromatic heterocycles. The number of hydrogen-bond donors (Lipinski definition) is 3. The summed E-state index contributed by atoms with van der Waals surface area (Å²) in [6.07, 6.45) is 3.27. The number of nitrogens with two attached hydrogens (primary N) is 1. The van der Waals surface area contributed by atoms with E-state index in [1.807, 2.05) is 12.1 Å². The van der Waals surface area contributed by atoms with Gasteiger partial charge < -0.3 is 10.6 Å². The number of rotatable bonds is 5. The Morgan fingerprint density at radius 1 is 1.30 bits per heavy atom. The number of halogens is 2. The van der Waals surface area contributed by atoms with Crippen molar-refractivity contribution in [1.29, 1.82) is 0 Å². The maximum atomic E-state index is 14.3. The molecule has 0 bridgehead atoms. The van der Waals surface area contributed by atoms with Crippen LogP contribution in [0.15, 0.2) is 82.6 Å². The van der Waals surface area contributed by atoms with Gasteiger partial charge in [0.25, 0.3) is 5.91 Å². The lowest BCUT2D eigenvalue weighted by Crippen LogP contribution is -2.45. The Balaban J connectivity index is 1.95. The Bertz CT molecular complexity index is 1060. The zero-order valence-electron chi connectivity index (χ0n) is 16.3. The van der Waals surface area contributed by atoms with Crippen LogP contribution in [0.25, 0.3) is 5.70 Å². The van der Waals surface area contributed by atoms with Crippen molar-refractivity contribution < 1.29 is 9.18 Å². The Hall–Kier alpha value is -3.23. The van der Waals surface area contributed by atoms with E-state index in [1.54, 1.807) is 49.5 Å². The summed E-state index contributed by atoms with van der Waals surface area (Å²) in [5.74, 6) is 6.65. The molecular formula is C22H21BrFN5O. The lowest BCUT2D eigenvalue weighted by Gasteiger charge is -2.30. The first-order valence-corrected chi connectivity index (χ1v) is 9.90. The predicted octanol–water partition coefficient (Wildman–Crippen LogP) is 3.65. The van der Waals surface area contributed by atoms with Crippen LogP contribution >= 0.6 is 15.9 Å². The highest BCUT2D eigenvalue weighted by Gasteiger charge is 2.23. The van der Waals surface area contributed by atoms with Crippen molar-refractivity contribution in [3.05, 3.63) is 100 Å². The van der Waals surface area contributed by atoms with Crippen molar-refractivity contribution in [2.45, 2.75) is 6.54 Å². The van der Waals surface area contributed by atoms with Gasteiger partial charge in [0, 0.05) is 24.3 Å². The molecule has 0 fully saturated rings. The Kier molecular flexibility index (Phi) is 6.81. The molecule has 0 spiro atoms. The summed E-state index contributed by atoms with van der Waals surface area (Å²) in [7, 11) is 1.58. The van der Waals surface area contributed by atoms with Crippen LogP contribution in [0, 0.1) is 5.82 Å². The van der Waals surface area contributed by atoms with Crippen molar-refractivity contribution in [1.82, 2.24) is 15.6 Å². The largest absolute Gasteiger partial charge is 0.355 e. The van der Waals surface area contributed by atoms with Gasteiger partial charge in [-0.1, -0.05) is 36.9 Å². The molecular weight excluding hydrogens is 449 g/mol. The number of aliphatic imine (C=N–C) groups is 1. The average Bonchev–Trinajstić information content (AvgIpc) is 2.78. The number of amidine groups is 1.